The minimum absolute atomic E-state index is 0.283. The van der Waals surface area contributed by atoms with E-state index in [0.717, 1.165) is 38.4 Å². The van der Waals surface area contributed by atoms with Crippen LogP contribution >= 0.6 is 0 Å². The van der Waals surface area contributed by atoms with E-state index in [-0.39, 0.29) is 5.91 Å². The SMILES string of the molecule is N#Cc1cccc(NC(=O)c2cc(N3CCN(Cc4ccccc4)CC3)ccn2)c1. The van der Waals surface area contributed by atoms with E-state index < -0.39 is 0 Å². The van der Waals surface area contributed by atoms with Gasteiger partial charge in [0, 0.05) is 50.3 Å². The number of amides is 1. The van der Waals surface area contributed by atoms with E-state index in [1.54, 1.807) is 30.5 Å². The number of piperazine rings is 1. The maximum absolute atomic E-state index is 12.6. The lowest BCUT2D eigenvalue weighted by atomic mass is 10.2. The number of pyridine rings is 1. The molecular formula is C24H23N5O. The standard InChI is InChI=1S/C24H23N5O/c25-17-20-7-4-8-21(15-20)27-24(30)23-16-22(9-10-26-23)29-13-11-28(12-14-29)18-19-5-2-1-3-6-19/h1-10,15-16H,11-14,18H2,(H,27,30). The molecule has 0 saturated carbocycles. The molecule has 1 amide bonds. The molecule has 2 heterocycles. The second-order valence-corrected chi connectivity index (χ2v) is 7.29. The average Bonchev–Trinajstić information content (AvgIpc) is 2.80. The van der Waals surface area contributed by atoms with Crippen molar-refractivity contribution in [1.82, 2.24) is 9.88 Å². The molecule has 0 atom stereocenters. The Morgan fingerprint density at radius 3 is 2.57 bits per heavy atom. The molecule has 1 aliphatic rings. The Morgan fingerprint density at radius 1 is 1.00 bits per heavy atom. The van der Waals surface area contributed by atoms with Gasteiger partial charge in [0.25, 0.3) is 5.91 Å². The van der Waals surface area contributed by atoms with Gasteiger partial charge < -0.3 is 10.2 Å². The summed E-state index contributed by atoms with van der Waals surface area (Å²) in [6.07, 6.45) is 1.67. The molecule has 1 aromatic heterocycles. The van der Waals surface area contributed by atoms with Gasteiger partial charge in [-0.1, -0.05) is 36.4 Å². The molecular weight excluding hydrogens is 374 g/mol. The summed E-state index contributed by atoms with van der Waals surface area (Å²) in [4.78, 5) is 21.6. The van der Waals surface area contributed by atoms with Crippen LogP contribution < -0.4 is 10.2 Å². The number of hydrogen-bond donors (Lipinski definition) is 1. The van der Waals surface area contributed by atoms with E-state index in [1.165, 1.54) is 5.56 Å². The molecule has 6 nitrogen and oxygen atoms in total. The van der Waals surface area contributed by atoms with Crippen molar-refractivity contribution in [2.45, 2.75) is 6.54 Å². The second-order valence-electron chi connectivity index (χ2n) is 7.29. The number of nitrogens with one attached hydrogen (secondary N) is 1. The summed E-state index contributed by atoms with van der Waals surface area (Å²) in [5.74, 6) is -0.283. The lowest BCUT2D eigenvalue weighted by Gasteiger charge is -2.36. The topological polar surface area (TPSA) is 72.3 Å². The van der Waals surface area contributed by atoms with Crippen LogP contribution in [0.25, 0.3) is 0 Å². The van der Waals surface area contributed by atoms with Crippen LogP contribution in [-0.2, 0) is 6.54 Å². The van der Waals surface area contributed by atoms with Crippen molar-refractivity contribution in [2.75, 3.05) is 36.4 Å². The zero-order valence-electron chi connectivity index (χ0n) is 16.7. The molecule has 3 aromatic rings. The average molecular weight is 397 g/mol. The zero-order valence-corrected chi connectivity index (χ0v) is 16.7. The molecule has 4 rings (SSSR count). The number of rotatable bonds is 5. The molecule has 6 heteroatoms. The highest BCUT2D eigenvalue weighted by Gasteiger charge is 2.18. The molecule has 0 spiro atoms. The van der Waals surface area contributed by atoms with Gasteiger partial charge >= 0.3 is 0 Å². The second kappa shape index (κ2) is 9.21. The molecule has 0 unspecified atom stereocenters. The Balaban J connectivity index is 1.37. The lowest BCUT2D eigenvalue weighted by molar-refractivity contribution is 0.102. The molecule has 2 aromatic carbocycles. The number of nitrogens with zero attached hydrogens (tertiary/aromatic N) is 4. The summed E-state index contributed by atoms with van der Waals surface area (Å²) in [6, 6.07) is 23.2. The van der Waals surface area contributed by atoms with E-state index in [1.807, 2.05) is 18.2 Å². The molecule has 30 heavy (non-hydrogen) atoms. The number of anilines is 2. The molecule has 1 N–H and O–H groups in total. The zero-order chi connectivity index (χ0) is 20.8. The summed E-state index contributed by atoms with van der Waals surface area (Å²) in [7, 11) is 0. The predicted octanol–water partition coefficient (Wildman–Crippen LogP) is 3.53. The molecule has 0 radical (unpaired) electrons. The fourth-order valence-corrected chi connectivity index (χ4v) is 3.61. The van der Waals surface area contributed by atoms with E-state index >= 15 is 0 Å². The van der Waals surface area contributed by atoms with Gasteiger partial charge in [0.2, 0.25) is 0 Å². The van der Waals surface area contributed by atoms with Gasteiger partial charge in [-0.25, -0.2) is 0 Å². The molecule has 1 fully saturated rings. The monoisotopic (exact) mass is 397 g/mol. The summed E-state index contributed by atoms with van der Waals surface area (Å²) >= 11 is 0. The van der Waals surface area contributed by atoms with Crippen LogP contribution in [-0.4, -0.2) is 42.0 Å². The number of carbonyl (C=O) groups excluding carboxylic acids is 1. The number of hydrogen-bond acceptors (Lipinski definition) is 5. The van der Waals surface area contributed by atoms with Crippen molar-refractivity contribution in [2.24, 2.45) is 0 Å². The number of carbonyl (C=O) groups is 1. The minimum atomic E-state index is -0.283. The molecule has 0 aliphatic carbocycles. The molecule has 150 valence electrons. The highest BCUT2D eigenvalue weighted by Crippen LogP contribution is 2.19. The van der Waals surface area contributed by atoms with Gasteiger partial charge in [-0.3, -0.25) is 14.7 Å². The van der Waals surface area contributed by atoms with Crippen LogP contribution in [0.4, 0.5) is 11.4 Å². The highest BCUT2D eigenvalue weighted by molar-refractivity contribution is 6.03. The first-order valence-electron chi connectivity index (χ1n) is 10.00. The summed E-state index contributed by atoms with van der Waals surface area (Å²) in [5, 5.41) is 11.8. The largest absolute Gasteiger partial charge is 0.369 e. The van der Waals surface area contributed by atoms with Crippen molar-refractivity contribution >= 4 is 17.3 Å². The van der Waals surface area contributed by atoms with Crippen LogP contribution in [0.5, 0.6) is 0 Å². The number of benzene rings is 2. The maximum Gasteiger partial charge on any atom is 0.274 e. The Morgan fingerprint density at radius 2 is 1.80 bits per heavy atom. The highest BCUT2D eigenvalue weighted by atomic mass is 16.1. The summed E-state index contributed by atoms with van der Waals surface area (Å²) < 4.78 is 0. The van der Waals surface area contributed by atoms with E-state index in [9.17, 15) is 4.79 Å². The van der Waals surface area contributed by atoms with Gasteiger partial charge in [-0.05, 0) is 35.9 Å². The van der Waals surface area contributed by atoms with Crippen LogP contribution in [0.3, 0.4) is 0 Å². The Bertz CT molecular complexity index is 1050. The Labute approximate surface area is 176 Å². The van der Waals surface area contributed by atoms with Gasteiger partial charge in [0.05, 0.1) is 11.6 Å². The Hall–Kier alpha value is -3.69. The Kier molecular flexibility index (Phi) is 6.02. The third-order valence-corrected chi connectivity index (χ3v) is 5.21. The van der Waals surface area contributed by atoms with Crippen LogP contribution in [0.2, 0.25) is 0 Å². The quantitative estimate of drug-likeness (QED) is 0.713. The molecule has 1 aliphatic heterocycles. The predicted molar refractivity (Wildman–Crippen MR) is 117 cm³/mol. The van der Waals surface area contributed by atoms with E-state index in [4.69, 9.17) is 5.26 Å². The maximum atomic E-state index is 12.6. The van der Waals surface area contributed by atoms with Gasteiger partial charge in [0.15, 0.2) is 0 Å². The molecule has 1 saturated heterocycles. The summed E-state index contributed by atoms with van der Waals surface area (Å²) in [6.45, 7) is 4.71. The van der Waals surface area contributed by atoms with Crippen LogP contribution in [0.1, 0.15) is 21.6 Å². The normalized spacial score (nSPS) is 14.2. The first-order valence-corrected chi connectivity index (χ1v) is 10.00. The fourth-order valence-electron chi connectivity index (χ4n) is 3.61. The van der Waals surface area contributed by atoms with Crippen molar-refractivity contribution in [3.63, 3.8) is 0 Å². The minimum Gasteiger partial charge on any atom is -0.369 e. The molecule has 0 bridgehead atoms. The fraction of sp³-hybridized carbons (Fsp3) is 0.208. The van der Waals surface area contributed by atoms with Gasteiger partial charge in [0.1, 0.15) is 5.69 Å². The van der Waals surface area contributed by atoms with Crippen LogP contribution in [0.15, 0.2) is 72.9 Å². The van der Waals surface area contributed by atoms with Crippen LogP contribution in [0, 0.1) is 11.3 Å². The van der Waals surface area contributed by atoms with E-state index in [2.05, 4.69) is 50.4 Å². The number of aromatic nitrogens is 1. The van der Waals surface area contributed by atoms with Gasteiger partial charge in [-0.2, -0.15) is 5.26 Å². The van der Waals surface area contributed by atoms with E-state index in [0.29, 0.717) is 16.9 Å². The first-order chi connectivity index (χ1) is 14.7. The first kappa shape index (κ1) is 19.6. The lowest BCUT2D eigenvalue weighted by Crippen LogP contribution is -2.46. The van der Waals surface area contributed by atoms with Crippen molar-refractivity contribution in [3.05, 3.63) is 89.7 Å². The van der Waals surface area contributed by atoms with Crippen molar-refractivity contribution in [3.8, 4) is 6.07 Å². The third kappa shape index (κ3) is 4.83. The van der Waals surface area contributed by atoms with Gasteiger partial charge in [-0.15, -0.1) is 0 Å². The summed E-state index contributed by atoms with van der Waals surface area (Å²) in [5.41, 5.74) is 3.78. The van der Waals surface area contributed by atoms with Crippen molar-refractivity contribution in [1.29, 1.82) is 5.26 Å². The van der Waals surface area contributed by atoms with Crippen molar-refractivity contribution < 1.29 is 4.79 Å². The third-order valence-electron chi connectivity index (χ3n) is 5.21. The number of nitriles is 1. The smallest absolute Gasteiger partial charge is 0.274 e.